The number of benzene rings is 2. The minimum Gasteiger partial charge on any atom is -0.347 e. The van der Waals surface area contributed by atoms with E-state index in [2.05, 4.69) is 4.98 Å². The van der Waals surface area contributed by atoms with Crippen molar-refractivity contribution < 1.29 is 18.7 Å². The van der Waals surface area contributed by atoms with Crippen LogP contribution in [0.2, 0.25) is 0 Å². The molecule has 0 aliphatic carbocycles. The standard InChI is InChI=1S/C23H21FN2O3/c24-17-6-7-20-18(14-17)19(15-21(25-20)16-4-2-1-3-5-16)22(27)26-10-8-23(9-11-26)28-12-13-29-23/h1-7,14-15H,8-13H2. The van der Waals surface area contributed by atoms with Gasteiger partial charge in [-0.05, 0) is 24.3 Å². The number of ether oxygens (including phenoxy) is 2. The lowest BCUT2D eigenvalue weighted by atomic mass is 10.00. The summed E-state index contributed by atoms with van der Waals surface area (Å²) in [5, 5.41) is 0.531. The first-order chi connectivity index (χ1) is 14.1. The van der Waals surface area contributed by atoms with Gasteiger partial charge in [-0.25, -0.2) is 9.37 Å². The zero-order valence-corrected chi connectivity index (χ0v) is 15.9. The second kappa shape index (κ2) is 7.21. The highest BCUT2D eigenvalue weighted by atomic mass is 19.1. The molecule has 2 fully saturated rings. The van der Waals surface area contributed by atoms with Gasteiger partial charge < -0.3 is 14.4 Å². The van der Waals surface area contributed by atoms with Gasteiger partial charge in [-0.3, -0.25) is 4.79 Å². The van der Waals surface area contributed by atoms with Crippen molar-refractivity contribution in [3.05, 3.63) is 66.0 Å². The summed E-state index contributed by atoms with van der Waals surface area (Å²) in [5.74, 6) is -1.04. The molecule has 1 spiro atoms. The van der Waals surface area contributed by atoms with Gasteiger partial charge in [0.2, 0.25) is 0 Å². The third kappa shape index (κ3) is 3.39. The normalized spacial score (nSPS) is 18.4. The van der Waals surface area contributed by atoms with Crippen molar-refractivity contribution in [1.29, 1.82) is 0 Å². The van der Waals surface area contributed by atoms with Crippen molar-refractivity contribution in [2.45, 2.75) is 18.6 Å². The van der Waals surface area contributed by atoms with Crippen LogP contribution in [0.15, 0.2) is 54.6 Å². The maximum atomic E-state index is 14.0. The first-order valence-corrected chi connectivity index (χ1v) is 9.87. The summed E-state index contributed by atoms with van der Waals surface area (Å²) in [6.45, 7) is 2.28. The van der Waals surface area contributed by atoms with E-state index in [4.69, 9.17) is 9.47 Å². The number of hydrogen-bond donors (Lipinski definition) is 0. The molecule has 2 aliphatic heterocycles. The van der Waals surface area contributed by atoms with E-state index in [9.17, 15) is 9.18 Å². The number of likely N-dealkylation sites (tertiary alicyclic amines) is 1. The lowest BCUT2D eigenvalue weighted by molar-refractivity contribution is -0.181. The number of halogens is 1. The zero-order chi connectivity index (χ0) is 19.8. The van der Waals surface area contributed by atoms with Crippen LogP contribution in [-0.4, -0.2) is 47.9 Å². The summed E-state index contributed by atoms with van der Waals surface area (Å²) in [4.78, 5) is 19.9. The van der Waals surface area contributed by atoms with Gasteiger partial charge in [-0.2, -0.15) is 0 Å². The van der Waals surface area contributed by atoms with Gasteiger partial charge in [-0.15, -0.1) is 0 Å². The fourth-order valence-corrected chi connectivity index (χ4v) is 4.14. The minimum atomic E-state index is -0.543. The third-order valence-corrected chi connectivity index (χ3v) is 5.70. The smallest absolute Gasteiger partial charge is 0.254 e. The predicted molar refractivity (Wildman–Crippen MR) is 107 cm³/mol. The quantitative estimate of drug-likeness (QED) is 0.661. The summed E-state index contributed by atoms with van der Waals surface area (Å²) in [5.41, 5.74) is 2.69. The Morgan fingerprint density at radius 1 is 1.00 bits per heavy atom. The monoisotopic (exact) mass is 392 g/mol. The number of rotatable bonds is 2. The molecule has 0 bridgehead atoms. The highest BCUT2D eigenvalue weighted by Gasteiger charge is 2.41. The number of pyridine rings is 1. The third-order valence-electron chi connectivity index (χ3n) is 5.70. The number of hydrogen-bond acceptors (Lipinski definition) is 4. The number of aromatic nitrogens is 1. The van der Waals surface area contributed by atoms with Crippen molar-refractivity contribution in [3.8, 4) is 11.3 Å². The molecule has 3 aromatic rings. The fraction of sp³-hybridized carbons (Fsp3) is 0.304. The van der Waals surface area contributed by atoms with E-state index in [1.807, 2.05) is 30.3 Å². The second-order valence-corrected chi connectivity index (χ2v) is 7.48. The average Bonchev–Trinajstić information content (AvgIpc) is 3.21. The number of fused-ring (bicyclic) bond motifs is 1. The van der Waals surface area contributed by atoms with Crippen LogP contribution < -0.4 is 0 Å². The molecule has 0 N–H and O–H groups in total. The molecule has 1 aromatic heterocycles. The molecule has 0 radical (unpaired) electrons. The minimum absolute atomic E-state index is 0.118. The Morgan fingerprint density at radius 3 is 2.45 bits per heavy atom. The van der Waals surface area contributed by atoms with Gasteiger partial charge in [0.25, 0.3) is 5.91 Å². The zero-order valence-electron chi connectivity index (χ0n) is 15.9. The molecule has 0 atom stereocenters. The van der Waals surface area contributed by atoms with Crippen molar-refractivity contribution in [3.63, 3.8) is 0 Å². The van der Waals surface area contributed by atoms with Crippen LogP contribution in [0.1, 0.15) is 23.2 Å². The van der Waals surface area contributed by atoms with Crippen LogP contribution in [-0.2, 0) is 9.47 Å². The molecule has 5 nitrogen and oxygen atoms in total. The number of nitrogens with zero attached hydrogens (tertiary/aromatic N) is 2. The molecule has 1 amide bonds. The molecular formula is C23H21FN2O3. The lowest BCUT2D eigenvalue weighted by Gasteiger charge is -2.37. The Kier molecular flexibility index (Phi) is 4.53. The van der Waals surface area contributed by atoms with Crippen LogP contribution in [0.25, 0.3) is 22.2 Å². The Morgan fingerprint density at radius 2 is 1.72 bits per heavy atom. The first kappa shape index (κ1) is 18.2. The van der Waals surface area contributed by atoms with E-state index < -0.39 is 5.79 Å². The molecule has 2 aromatic carbocycles. The van der Waals surface area contributed by atoms with Gasteiger partial charge in [0.05, 0.1) is 30.0 Å². The van der Waals surface area contributed by atoms with E-state index in [0.717, 1.165) is 5.56 Å². The van der Waals surface area contributed by atoms with Crippen LogP contribution in [0.4, 0.5) is 4.39 Å². The number of amides is 1. The summed E-state index contributed by atoms with van der Waals surface area (Å²) < 4.78 is 25.5. The number of carbonyl (C=O) groups is 1. The number of piperidine rings is 1. The highest BCUT2D eigenvalue weighted by Crippen LogP contribution is 2.33. The molecule has 29 heavy (non-hydrogen) atoms. The highest BCUT2D eigenvalue weighted by molar-refractivity contribution is 6.07. The molecule has 0 unspecified atom stereocenters. The summed E-state index contributed by atoms with van der Waals surface area (Å²) >= 11 is 0. The summed E-state index contributed by atoms with van der Waals surface area (Å²) in [6.07, 6.45) is 1.28. The van der Waals surface area contributed by atoms with Crippen LogP contribution >= 0.6 is 0 Å². The molecule has 5 rings (SSSR count). The Bertz CT molecular complexity index is 1050. The van der Waals surface area contributed by atoms with Crippen LogP contribution in [0, 0.1) is 5.82 Å². The van der Waals surface area contributed by atoms with Crippen LogP contribution in [0.5, 0.6) is 0 Å². The van der Waals surface area contributed by atoms with Crippen molar-refractivity contribution in [2.75, 3.05) is 26.3 Å². The molecule has 0 saturated carbocycles. The molecule has 148 valence electrons. The topological polar surface area (TPSA) is 51.7 Å². The fourth-order valence-electron chi connectivity index (χ4n) is 4.14. The molecule has 2 saturated heterocycles. The second-order valence-electron chi connectivity index (χ2n) is 7.48. The van der Waals surface area contributed by atoms with Gasteiger partial charge in [0, 0.05) is 36.9 Å². The van der Waals surface area contributed by atoms with E-state index in [-0.39, 0.29) is 11.7 Å². The predicted octanol–water partition coefficient (Wildman–Crippen LogP) is 4.02. The summed E-state index contributed by atoms with van der Waals surface area (Å²) in [7, 11) is 0. The van der Waals surface area contributed by atoms with Gasteiger partial charge in [0.15, 0.2) is 5.79 Å². The molecular weight excluding hydrogens is 371 g/mol. The van der Waals surface area contributed by atoms with Crippen molar-refractivity contribution in [2.24, 2.45) is 0 Å². The maximum Gasteiger partial charge on any atom is 0.254 e. The lowest BCUT2D eigenvalue weighted by Crippen LogP contribution is -2.47. The Hall–Kier alpha value is -2.83. The average molecular weight is 392 g/mol. The molecule has 6 heteroatoms. The van der Waals surface area contributed by atoms with Crippen molar-refractivity contribution >= 4 is 16.8 Å². The van der Waals surface area contributed by atoms with Crippen LogP contribution in [0.3, 0.4) is 0 Å². The maximum absolute atomic E-state index is 14.0. The molecule has 2 aliphatic rings. The van der Waals surface area contributed by atoms with Crippen molar-refractivity contribution in [1.82, 2.24) is 9.88 Å². The summed E-state index contributed by atoms with van der Waals surface area (Å²) in [6, 6.07) is 15.8. The number of carbonyl (C=O) groups excluding carboxylic acids is 1. The van der Waals surface area contributed by atoms with Gasteiger partial charge >= 0.3 is 0 Å². The molecule has 3 heterocycles. The van der Waals surface area contributed by atoms with Gasteiger partial charge in [-0.1, -0.05) is 30.3 Å². The van der Waals surface area contributed by atoms with E-state index in [1.54, 1.807) is 17.0 Å². The SMILES string of the molecule is O=C(c1cc(-c2ccccc2)nc2ccc(F)cc12)N1CCC2(CC1)OCCO2. The van der Waals surface area contributed by atoms with Gasteiger partial charge in [0.1, 0.15) is 5.82 Å². The Balaban J connectivity index is 1.52. The van der Waals surface area contributed by atoms with E-state index in [1.165, 1.54) is 12.1 Å². The van der Waals surface area contributed by atoms with E-state index >= 15 is 0 Å². The first-order valence-electron chi connectivity index (χ1n) is 9.87. The van der Waals surface area contributed by atoms with E-state index in [0.29, 0.717) is 61.3 Å². The Labute approximate surface area is 168 Å². The largest absolute Gasteiger partial charge is 0.347 e.